The Labute approximate surface area is 109 Å². The highest BCUT2D eigenvalue weighted by molar-refractivity contribution is 5.86. The van der Waals surface area contributed by atoms with E-state index in [1.165, 1.54) is 32.1 Å². The van der Waals surface area contributed by atoms with E-state index in [0.717, 1.165) is 11.8 Å². The van der Waals surface area contributed by atoms with E-state index in [0.29, 0.717) is 11.8 Å². The molecular formula is C15H24O3. The lowest BCUT2D eigenvalue weighted by Crippen LogP contribution is -2.56. The molecule has 0 aromatic carbocycles. The third-order valence-corrected chi connectivity index (χ3v) is 5.90. The van der Waals surface area contributed by atoms with Crippen LogP contribution in [0.2, 0.25) is 0 Å². The number of carbonyl (C=O) groups is 1. The third-order valence-electron chi connectivity index (χ3n) is 5.90. The van der Waals surface area contributed by atoms with Crippen molar-refractivity contribution in [1.82, 2.24) is 0 Å². The summed E-state index contributed by atoms with van der Waals surface area (Å²) in [5.41, 5.74) is -0.136. The Hall–Kier alpha value is -0.410. The molecule has 3 heteroatoms. The Morgan fingerprint density at radius 2 is 1.72 bits per heavy atom. The second-order valence-electron chi connectivity index (χ2n) is 6.79. The standard InChI is InChI=1S/C15H24O3/c1-15(14(17)9-18-3-2-16)12-5-10-4-11(7-12)8-13(15)6-10/h10-13,16H,2-9H2,1H3. The van der Waals surface area contributed by atoms with Gasteiger partial charge in [-0.15, -0.1) is 0 Å². The van der Waals surface area contributed by atoms with Crippen LogP contribution in [0.1, 0.15) is 39.0 Å². The maximum Gasteiger partial charge on any atom is 0.164 e. The number of hydrogen-bond donors (Lipinski definition) is 1. The molecule has 4 rings (SSSR count). The Balaban J connectivity index is 1.71. The summed E-state index contributed by atoms with van der Waals surface area (Å²) in [5, 5.41) is 8.72. The minimum Gasteiger partial charge on any atom is -0.394 e. The van der Waals surface area contributed by atoms with Gasteiger partial charge >= 0.3 is 0 Å². The van der Waals surface area contributed by atoms with Gasteiger partial charge in [-0.1, -0.05) is 6.92 Å². The van der Waals surface area contributed by atoms with Gasteiger partial charge in [0.2, 0.25) is 0 Å². The molecule has 0 spiro atoms. The van der Waals surface area contributed by atoms with Crippen molar-refractivity contribution in [2.75, 3.05) is 19.8 Å². The van der Waals surface area contributed by atoms with Crippen LogP contribution >= 0.6 is 0 Å². The predicted octanol–water partition coefficient (Wildman–Crippen LogP) is 2.03. The number of aliphatic hydroxyl groups excluding tert-OH is 1. The zero-order chi connectivity index (χ0) is 12.8. The monoisotopic (exact) mass is 252 g/mol. The van der Waals surface area contributed by atoms with Crippen LogP contribution in [0.25, 0.3) is 0 Å². The predicted molar refractivity (Wildman–Crippen MR) is 68.1 cm³/mol. The largest absolute Gasteiger partial charge is 0.394 e. The molecule has 1 N–H and O–H groups in total. The fourth-order valence-electron chi connectivity index (χ4n) is 5.00. The molecule has 0 atom stereocenters. The molecule has 3 nitrogen and oxygen atoms in total. The van der Waals surface area contributed by atoms with Crippen molar-refractivity contribution in [3.05, 3.63) is 0 Å². The van der Waals surface area contributed by atoms with Crippen LogP contribution in [0.15, 0.2) is 0 Å². The van der Waals surface area contributed by atoms with Crippen LogP contribution in [-0.4, -0.2) is 30.7 Å². The minimum absolute atomic E-state index is 0.000992. The molecule has 4 saturated carbocycles. The SMILES string of the molecule is CC1(C(=O)COCCO)C2CC3CC(C2)CC1C3. The van der Waals surface area contributed by atoms with Crippen LogP contribution in [0.5, 0.6) is 0 Å². The first-order valence-corrected chi connectivity index (χ1v) is 7.36. The number of rotatable bonds is 5. The first kappa shape index (κ1) is 12.6. The van der Waals surface area contributed by atoms with Gasteiger partial charge in [0.05, 0.1) is 13.2 Å². The lowest BCUT2D eigenvalue weighted by atomic mass is 9.45. The topological polar surface area (TPSA) is 46.5 Å². The van der Waals surface area contributed by atoms with Gasteiger partial charge < -0.3 is 9.84 Å². The summed E-state index contributed by atoms with van der Waals surface area (Å²) in [4.78, 5) is 12.5. The summed E-state index contributed by atoms with van der Waals surface area (Å²) in [6.45, 7) is 2.66. The zero-order valence-corrected chi connectivity index (χ0v) is 11.2. The van der Waals surface area contributed by atoms with Crippen molar-refractivity contribution in [1.29, 1.82) is 0 Å². The summed E-state index contributed by atoms with van der Waals surface area (Å²) in [6.07, 6.45) is 6.45. The molecule has 0 amide bonds. The van der Waals surface area contributed by atoms with E-state index in [4.69, 9.17) is 9.84 Å². The smallest absolute Gasteiger partial charge is 0.164 e. The lowest BCUT2D eigenvalue weighted by molar-refractivity contribution is -0.158. The van der Waals surface area contributed by atoms with Crippen molar-refractivity contribution in [3.63, 3.8) is 0 Å². The average molecular weight is 252 g/mol. The number of hydrogen-bond acceptors (Lipinski definition) is 3. The van der Waals surface area contributed by atoms with Crippen molar-refractivity contribution >= 4 is 5.78 Å². The molecule has 4 fully saturated rings. The van der Waals surface area contributed by atoms with Crippen molar-refractivity contribution in [2.45, 2.75) is 39.0 Å². The van der Waals surface area contributed by atoms with Crippen LogP contribution in [0, 0.1) is 29.1 Å². The molecule has 102 valence electrons. The highest BCUT2D eigenvalue weighted by Gasteiger charge is 2.57. The van der Waals surface area contributed by atoms with Gasteiger partial charge in [0.1, 0.15) is 6.61 Å². The fourth-order valence-corrected chi connectivity index (χ4v) is 5.00. The van der Waals surface area contributed by atoms with E-state index in [1.807, 2.05) is 0 Å². The Kier molecular flexibility index (Phi) is 3.23. The summed E-state index contributed by atoms with van der Waals surface area (Å²) >= 11 is 0. The molecule has 0 heterocycles. The molecule has 4 aliphatic rings. The maximum atomic E-state index is 12.5. The highest BCUT2D eigenvalue weighted by Crippen LogP contribution is 2.62. The Bertz CT molecular complexity index is 309. The van der Waals surface area contributed by atoms with Gasteiger partial charge in [-0.2, -0.15) is 0 Å². The van der Waals surface area contributed by atoms with Gasteiger partial charge in [-0.05, 0) is 55.8 Å². The molecule has 18 heavy (non-hydrogen) atoms. The number of aliphatic hydroxyl groups is 1. The highest BCUT2D eigenvalue weighted by atomic mass is 16.5. The zero-order valence-electron chi connectivity index (χ0n) is 11.2. The van der Waals surface area contributed by atoms with Crippen LogP contribution in [0.3, 0.4) is 0 Å². The summed E-state index contributed by atoms with van der Waals surface area (Å²) in [6, 6.07) is 0. The van der Waals surface area contributed by atoms with E-state index in [-0.39, 0.29) is 31.0 Å². The van der Waals surface area contributed by atoms with Crippen molar-refractivity contribution < 1.29 is 14.6 Å². The minimum atomic E-state index is -0.136. The van der Waals surface area contributed by atoms with E-state index in [9.17, 15) is 4.79 Å². The second-order valence-corrected chi connectivity index (χ2v) is 6.79. The van der Waals surface area contributed by atoms with Gasteiger partial charge in [0.15, 0.2) is 5.78 Å². The quantitative estimate of drug-likeness (QED) is 0.762. The van der Waals surface area contributed by atoms with Crippen LogP contribution < -0.4 is 0 Å². The van der Waals surface area contributed by atoms with E-state index < -0.39 is 0 Å². The summed E-state index contributed by atoms with van der Waals surface area (Å²) in [7, 11) is 0. The lowest BCUT2D eigenvalue weighted by Gasteiger charge is -2.59. The first-order chi connectivity index (χ1) is 8.64. The molecular weight excluding hydrogens is 228 g/mol. The fraction of sp³-hybridized carbons (Fsp3) is 0.933. The molecule has 0 aromatic rings. The summed E-state index contributed by atoms with van der Waals surface area (Å²) < 4.78 is 5.27. The van der Waals surface area contributed by atoms with Crippen molar-refractivity contribution in [2.24, 2.45) is 29.1 Å². The molecule has 4 bridgehead atoms. The van der Waals surface area contributed by atoms with Gasteiger partial charge in [-0.25, -0.2) is 0 Å². The number of carbonyl (C=O) groups excluding carboxylic acids is 1. The Morgan fingerprint density at radius 3 is 2.22 bits per heavy atom. The van der Waals surface area contributed by atoms with E-state index >= 15 is 0 Å². The van der Waals surface area contributed by atoms with E-state index in [2.05, 4.69) is 6.92 Å². The molecule has 0 radical (unpaired) electrons. The second kappa shape index (κ2) is 4.61. The molecule has 0 saturated heterocycles. The first-order valence-electron chi connectivity index (χ1n) is 7.36. The van der Waals surface area contributed by atoms with Gasteiger partial charge in [-0.3, -0.25) is 4.79 Å². The van der Waals surface area contributed by atoms with Crippen LogP contribution in [-0.2, 0) is 9.53 Å². The number of Topliss-reactive ketones (excluding diaryl/α,β-unsaturated/α-hetero) is 1. The van der Waals surface area contributed by atoms with Crippen molar-refractivity contribution in [3.8, 4) is 0 Å². The van der Waals surface area contributed by atoms with Gasteiger partial charge in [0, 0.05) is 5.41 Å². The van der Waals surface area contributed by atoms with E-state index in [1.54, 1.807) is 0 Å². The number of ketones is 1. The average Bonchev–Trinajstić information content (AvgIpc) is 2.35. The molecule has 0 unspecified atom stereocenters. The molecule has 4 aliphatic carbocycles. The summed E-state index contributed by atoms with van der Waals surface area (Å²) in [5.74, 6) is 3.26. The molecule has 0 aliphatic heterocycles. The normalized spacial score (nSPS) is 45.4. The molecule has 0 aromatic heterocycles. The van der Waals surface area contributed by atoms with Crippen LogP contribution in [0.4, 0.5) is 0 Å². The Morgan fingerprint density at radius 1 is 1.17 bits per heavy atom. The van der Waals surface area contributed by atoms with Gasteiger partial charge in [0.25, 0.3) is 0 Å². The maximum absolute atomic E-state index is 12.5. The number of ether oxygens (including phenoxy) is 1. The third kappa shape index (κ3) is 1.83.